The number of nitrogens with one attached hydrogen (secondary N) is 1. The average Bonchev–Trinajstić information content (AvgIpc) is 2.16. The van der Waals surface area contributed by atoms with Gasteiger partial charge in [-0.15, -0.1) is 12.4 Å². The molecule has 90 valence electrons. The SMILES string of the molecule is CCCC(C)(NC(=O)CN)C(=O)OC.Cl. The maximum Gasteiger partial charge on any atom is 0.331 e. The Morgan fingerprint density at radius 3 is 2.33 bits per heavy atom. The molecule has 0 aliphatic carbocycles. The van der Waals surface area contributed by atoms with E-state index in [1.165, 1.54) is 7.11 Å². The van der Waals surface area contributed by atoms with Crippen LogP contribution in [0.3, 0.4) is 0 Å². The molecular weight excluding hydrogens is 220 g/mol. The van der Waals surface area contributed by atoms with Crippen LogP contribution in [-0.2, 0) is 14.3 Å². The molecule has 1 atom stereocenters. The zero-order valence-electron chi connectivity index (χ0n) is 9.33. The Morgan fingerprint density at radius 2 is 2.00 bits per heavy atom. The number of methoxy groups -OCH3 is 1. The van der Waals surface area contributed by atoms with Crippen molar-refractivity contribution in [1.29, 1.82) is 0 Å². The molecule has 0 aromatic heterocycles. The first-order valence-corrected chi connectivity index (χ1v) is 4.59. The molecule has 1 amide bonds. The maximum absolute atomic E-state index is 11.4. The molecule has 3 N–H and O–H groups in total. The number of amides is 1. The normalized spacial score (nSPS) is 13.3. The van der Waals surface area contributed by atoms with Crippen LogP contribution in [0.5, 0.6) is 0 Å². The summed E-state index contributed by atoms with van der Waals surface area (Å²) in [6.07, 6.45) is 1.31. The predicted octanol–water partition coefficient (Wildman–Crippen LogP) is 0.215. The third-order valence-electron chi connectivity index (χ3n) is 1.99. The van der Waals surface area contributed by atoms with Crippen LogP contribution in [0.4, 0.5) is 0 Å². The molecule has 0 saturated heterocycles. The molecule has 6 heteroatoms. The summed E-state index contributed by atoms with van der Waals surface area (Å²) in [4.78, 5) is 22.5. The number of ether oxygens (including phenoxy) is 1. The van der Waals surface area contributed by atoms with Crippen molar-refractivity contribution in [1.82, 2.24) is 5.32 Å². The second kappa shape index (κ2) is 7.48. The van der Waals surface area contributed by atoms with E-state index in [0.29, 0.717) is 6.42 Å². The van der Waals surface area contributed by atoms with Gasteiger partial charge in [0.2, 0.25) is 5.91 Å². The van der Waals surface area contributed by atoms with Crippen LogP contribution in [0.15, 0.2) is 0 Å². The number of rotatable bonds is 5. The van der Waals surface area contributed by atoms with Crippen molar-refractivity contribution < 1.29 is 14.3 Å². The number of esters is 1. The second-order valence-electron chi connectivity index (χ2n) is 3.33. The molecule has 0 rings (SSSR count). The van der Waals surface area contributed by atoms with Gasteiger partial charge in [0.05, 0.1) is 13.7 Å². The molecule has 0 aromatic carbocycles. The quantitative estimate of drug-likeness (QED) is 0.672. The fourth-order valence-electron chi connectivity index (χ4n) is 1.30. The summed E-state index contributed by atoms with van der Waals surface area (Å²) in [6, 6.07) is 0. The molecule has 0 aromatic rings. The summed E-state index contributed by atoms with van der Waals surface area (Å²) in [5.41, 5.74) is 4.19. The standard InChI is InChI=1S/C9H18N2O3.ClH/c1-4-5-9(2,8(13)14-3)11-7(12)6-10;/h4-6,10H2,1-3H3,(H,11,12);1H. The van der Waals surface area contributed by atoms with Gasteiger partial charge in [-0.05, 0) is 13.3 Å². The van der Waals surface area contributed by atoms with E-state index >= 15 is 0 Å². The van der Waals surface area contributed by atoms with Crippen LogP contribution in [0.1, 0.15) is 26.7 Å². The fraction of sp³-hybridized carbons (Fsp3) is 0.778. The molecular formula is C9H19ClN2O3. The first-order chi connectivity index (χ1) is 6.50. The predicted molar refractivity (Wildman–Crippen MR) is 59.8 cm³/mol. The lowest BCUT2D eigenvalue weighted by molar-refractivity contribution is -0.150. The highest BCUT2D eigenvalue weighted by atomic mass is 35.5. The van der Waals surface area contributed by atoms with Crippen LogP contribution < -0.4 is 11.1 Å². The number of nitrogens with two attached hydrogens (primary N) is 1. The van der Waals surface area contributed by atoms with Crippen molar-refractivity contribution in [3.63, 3.8) is 0 Å². The third kappa shape index (κ3) is 4.99. The van der Waals surface area contributed by atoms with Gasteiger partial charge in [-0.3, -0.25) is 4.79 Å². The van der Waals surface area contributed by atoms with E-state index in [4.69, 9.17) is 5.73 Å². The minimum atomic E-state index is -0.958. The maximum atomic E-state index is 11.4. The highest BCUT2D eigenvalue weighted by Crippen LogP contribution is 2.13. The molecule has 15 heavy (non-hydrogen) atoms. The third-order valence-corrected chi connectivity index (χ3v) is 1.99. The monoisotopic (exact) mass is 238 g/mol. The number of hydrogen-bond donors (Lipinski definition) is 2. The van der Waals surface area contributed by atoms with Gasteiger partial charge < -0.3 is 15.8 Å². The minimum Gasteiger partial charge on any atom is -0.467 e. The Labute approximate surface area is 96.1 Å². The molecule has 1 unspecified atom stereocenters. The zero-order chi connectivity index (χ0) is 11.2. The topological polar surface area (TPSA) is 81.4 Å². The van der Waals surface area contributed by atoms with Crippen molar-refractivity contribution in [2.24, 2.45) is 5.73 Å². The van der Waals surface area contributed by atoms with Gasteiger partial charge in [-0.2, -0.15) is 0 Å². The highest BCUT2D eigenvalue weighted by molar-refractivity contribution is 5.88. The van der Waals surface area contributed by atoms with E-state index in [-0.39, 0.29) is 24.9 Å². The fourth-order valence-corrected chi connectivity index (χ4v) is 1.30. The molecule has 0 radical (unpaired) electrons. The van der Waals surface area contributed by atoms with Crippen LogP contribution >= 0.6 is 12.4 Å². The van der Waals surface area contributed by atoms with Crippen LogP contribution in [0.2, 0.25) is 0 Å². The van der Waals surface area contributed by atoms with Crippen molar-refractivity contribution in [3.8, 4) is 0 Å². The lowest BCUT2D eigenvalue weighted by atomic mass is 9.96. The molecule has 0 aliphatic heterocycles. The van der Waals surface area contributed by atoms with Gasteiger partial charge >= 0.3 is 5.97 Å². The van der Waals surface area contributed by atoms with E-state index < -0.39 is 11.5 Å². The van der Waals surface area contributed by atoms with Gasteiger partial charge in [0.25, 0.3) is 0 Å². The van der Waals surface area contributed by atoms with Gasteiger partial charge in [-0.1, -0.05) is 13.3 Å². The van der Waals surface area contributed by atoms with Crippen molar-refractivity contribution >= 4 is 24.3 Å². The zero-order valence-corrected chi connectivity index (χ0v) is 10.1. The van der Waals surface area contributed by atoms with Crippen LogP contribution in [-0.4, -0.2) is 31.1 Å². The van der Waals surface area contributed by atoms with E-state index in [1.807, 2.05) is 6.92 Å². The second-order valence-corrected chi connectivity index (χ2v) is 3.33. The minimum absolute atomic E-state index is 0. The molecule has 0 saturated carbocycles. The number of halogens is 1. The molecule has 0 aliphatic rings. The number of carbonyl (C=O) groups is 2. The van der Waals surface area contributed by atoms with Gasteiger partial charge in [-0.25, -0.2) is 4.79 Å². The lowest BCUT2D eigenvalue weighted by Gasteiger charge is -2.27. The summed E-state index contributed by atoms with van der Waals surface area (Å²) in [5.74, 6) is -0.799. The first-order valence-electron chi connectivity index (χ1n) is 4.59. The Balaban J connectivity index is 0. The molecule has 0 bridgehead atoms. The van der Waals surface area contributed by atoms with E-state index in [9.17, 15) is 9.59 Å². The van der Waals surface area contributed by atoms with E-state index in [2.05, 4.69) is 10.1 Å². The summed E-state index contributed by atoms with van der Waals surface area (Å²) in [5, 5.41) is 2.56. The lowest BCUT2D eigenvalue weighted by Crippen LogP contribution is -2.54. The summed E-state index contributed by atoms with van der Waals surface area (Å²) < 4.78 is 4.62. The van der Waals surface area contributed by atoms with Crippen molar-refractivity contribution in [3.05, 3.63) is 0 Å². The Hall–Kier alpha value is -0.810. The summed E-state index contributed by atoms with van der Waals surface area (Å²) in [7, 11) is 1.30. The first kappa shape index (κ1) is 16.6. The molecule has 0 heterocycles. The summed E-state index contributed by atoms with van der Waals surface area (Å²) in [6.45, 7) is 3.43. The average molecular weight is 239 g/mol. The largest absolute Gasteiger partial charge is 0.467 e. The Bertz CT molecular complexity index is 223. The van der Waals surface area contributed by atoms with E-state index in [1.54, 1.807) is 6.92 Å². The van der Waals surface area contributed by atoms with Gasteiger partial charge in [0.15, 0.2) is 0 Å². The Morgan fingerprint density at radius 1 is 1.47 bits per heavy atom. The number of carbonyl (C=O) groups excluding carboxylic acids is 2. The van der Waals surface area contributed by atoms with Crippen molar-refractivity contribution in [2.45, 2.75) is 32.2 Å². The van der Waals surface area contributed by atoms with Crippen LogP contribution in [0, 0.1) is 0 Å². The highest BCUT2D eigenvalue weighted by Gasteiger charge is 2.34. The molecule has 0 fully saturated rings. The van der Waals surface area contributed by atoms with E-state index in [0.717, 1.165) is 6.42 Å². The summed E-state index contributed by atoms with van der Waals surface area (Å²) >= 11 is 0. The number of hydrogen-bond acceptors (Lipinski definition) is 4. The van der Waals surface area contributed by atoms with Gasteiger partial charge in [0, 0.05) is 0 Å². The smallest absolute Gasteiger partial charge is 0.331 e. The molecule has 0 spiro atoms. The molecule has 5 nitrogen and oxygen atoms in total. The Kier molecular flexibility index (Phi) is 8.28. The van der Waals surface area contributed by atoms with Gasteiger partial charge in [0.1, 0.15) is 5.54 Å². The van der Waals surface area contributed by atoms with Crippen molar-refractivity contribution in [2.75, 3.05) is 13.7 Å². The van der Waals surface area contributed by atoms with Crippen LogP contribution in [0.25, 0.3) is 0 Å².